The monoisotopic (exact) mass is 325 g/mol. The molecule has 5 heteroatoms. The first-order valence-electron chi connectivity index (χ1n) is 6.65. The molecule has 1 amide bonds. The van der Waals surface area contributed by atoms with Crippen molar-refractivity contribution >= 4 is 27.5 Å². The molecule has 0 radical (unpaired) electrons. The Bertz CT molecular complexity index is 460. The summed E-state index contributed by atoms with van der Waals surface area (Å²) in [5, 5.41) is 3.51. The van der Waals surface area contributed by atoms with Crippen molar-refractivity contribution in [3.8, 4) is 0 Å². The van der Waals surface area contributed by atoms with E-state index in [-0.39, 0.29) is 12.5 Å². The molecule has 0 bridgehead atoms. The Kier molecular flexibility index (Phi) is 4.82. The lowest BCUT2D eigenvalue weighted by Crippen LogP contribution is -2.34. The molecule has 0 aromatic heterocycles. The van der Waals surface area contributed by atoms with E-state index in [1.165, 1.54) is 18.4 Å². The first kappa shape index (κ1) is 14.3. The molecule has 0 aliphatic heterocycles. The van der Waals surface area contributed by atoms with Crippen LogP contribution in [0.1, 0.15) is 25.3 Å². The van der Waals surface area contributed by atoms with Crippen molar-refractivity contribution < 1.29 is 4.79 Å². The van der Waals surface area contributed by atoms with E-state index in [9.17, 15) is 4.79 Å². The highest BCUT2D eigenvalue weighted by Gasteiger charge is 2.21. The minimum atomic E-state index is -0.300. The minimum Gasteiger partial charge on any atom is -0.368 e. The number of nitrogens with two attached hydrogens (primary N) is 1. The molecule has 0 unspecified atom stereocenters. The fourth-order valence-corrected chi connectivity index (χ4v) is 2.51. The second-order valence-corrected chi connectivity index (χ2v) is 5.82. The van der Waals surface area contributed by atoms with Gasteiger partial charge in [-0.1, -0.05) is 15.9 Å². The summed E-state index contributed by atoms with van der Waals surface area (Å²) in [6.07, 6.45) is 2.53. The average Bonchev–Trinajstić information content (AvgIpc) is 3.18. The number of nitrogens with one attached hydrogen (secondary N) is 1. The van der Waals surface area contributed by atoms with Crippen LogP contribution in [-0.4, -0.2) is 25.0 Å². The van der Waals surface area contributed by atoms with E-state index in [1.54, 1.807) is 0 Å². The second-order valence-electron chi connectivity index (χ2n) is 4.91. The number of nitrogens with zero attached hydrogens (tertiary/aromatic N) is 1. The maximum Gasteiger partial charge on any atom is 0.236 e. The third-order valence-corrected chi connectivity index (χ3v) is 3.76. The molecule has 0 saturated heterocycles. The highest BCUT2D eigenvalue weighted by Crippen LogP contribution is 2.26. The summed E-state index contributed by atoms with van der Waals surface area (Å²) < 4.78 is 1.05. The summed E-state index contributed by atoms with van der Waals surface area (Å²) >= 11 is 3.50. The van der Waals surface area contributed by atoms with Crippen LogP contribution in [0.5, 0.6) is 0 Å². The predicted molar refractivity (Wildman–Crippen MR) is 81.1 cm³/mol. The summed E-state index contributed by atoms with van der Waals surface area (Å²) in [5.74, 6) is -0.300. The van der Waals surface area contributed by atoms with Crippen LogP contribution in [0.4, 0.5) is 5.69 Å². The van der Waals surface area contributed by atoms with Crippen molar-refractivity contribution in [3.05, 3.63) is 28.2 Å². The van der Waals surface area contributed by atoms with Gasteiger partial charge in [0.2, 0.25) is 5.91 Å². The average molecular weight is 326 g/mol. The molecule has 4 nitrogen and oxygen atoms in total. The van der Waals surface area contributed by atoms with Crippen molar-refractivity contribution in [2.45, 2.75) is 32.4 Å². The number of hydrogen-bond acceptors (Lipinski definition) is 3. The van der Waals surface area contributed by atoms with Crippen molar-refractivity contribution in [2.24, 2.45) is 5.73 Å². The maximum absolute atomic E-state index is 11.2. The van der Waals surface area contributed by atoms with Crippen LogP contribution < -0.4 is 16.0 Å². The topological polar surface area (TPSA) is 58.4 Å². The zero-order valence-electron chi connectivity index (χ0n) is 11.2. The number of halogens is 1. The number of amides is 1. The van der Waals surface area contributed by atoms with E-state index < -0.39 is 0 Å². The normalized spacial score (nSPS) is 14.4. The minimum absolute atomic E-state index is 0.258. The van der Waals surface area contributed by atoms with Crippen molar-refractivity contribution in [2.75, 3.05) is 18.0 Å². The van der Waals surface area contributed by atoms with Crippen molar-refractivity contribution in [1.82, 2.24) is 5.32 Å². The van der Waals surface area contributed by atoms with Crippen LogP contribution in [0.25, 0.3) is 0 Å². The third-order valence-electron chi connectivity index (χ3n) is 3.27. The zero-order valence-corrected chi connectivity index (χ0v) is 12.7. The van der Waals surface area contributed by atoms with Gasteiger partial charge in [0.25, 0.3) is 0 Å². The number of rotatable bonds is 7. The summed E-state index contributed by atoms with van der Waals surface area (Å²) in [6, 6.07) is 6.81. The van der Waals surface area contributed by atoms with Crippen LogP contribution in [0.2, 0.25) is 0 Å². The lowest BCUT2D eigenvalue weighted by Gasteiger charge is -2.24. The molecule has 1 aromatic carbocycles. The summed E-state index contributed by atoms with van der Waals surface area (Å²) in [5.41, 5.74) is 7.59. The zero-order chi connectivity index (χ0) is 13.8. The fraction of sp³-hybridized carbons (Fsp3) is 0.500. The van der Waals surface area contributed by atoms with Gasteiger partial charge in [0, 0.05) is 29.3 Å². The third kappa shape index (κ3) is 4.21. The molecule has 1 saturated carbocycles. The van der Waals surface area contributed by atoms with Crippen LogP contribution >= 0.6 is 15.9 Å². The second kappa shape index (κ2) is 6.39. The van der Waals surface area contributed by atoms with Crippen molar-refractivity contribution in [3.63, 3.8) is 0 Å². The van der Waals surface area contributed by atoms with Gasteiger partial charge in [0.1, 0.15) is 0 Å². The molecule has 1 aliphatic carbocycles. The number of likely N-dealkylation sites (N-methyl/N-ethyl adjacent to an activating group) is 1. The molecule has 0 atom stereocenters. The number of carbonyl (C=O) groups is 1. The highest BCUT2D eigenvalue weighted by atomic mass is 79.9. The molecule has 19 heavy (non-hydrogen) atoms. The Morgan fingerprint density at radius 1 is 1.53 bits per heavy atom. The number of carbonyl (C=O) groups excluding carboxylic acids is 1. The molecule has 0 spiro atoms. The predicted octanol–water partition coefficient (Wildman–Crippen LogP) is 2.01. The van der Waals surface area contributed by atoms with Crippen molar-refractivity contribution in [1.29, 1.82) is 0 Å². The molecular weight excluding hydrogens is 306 g/mol. The number of primary amides is 1. The van der Waals surface area contributed by atoms with Crippen LogP contribution in [0.15, 0.2) is 22.7 Å². The summed E-state index contributed by atoms with van der Waals surface area (Å²) in [7, 11) is 0. The summed E-state index contributed by atoms with van der Waals surface area (Å²) in [4.78, 5) is 13.2. The molecule has 0 heterocycles. The fourth-order valence-electron chi connectivity index (χ4n) is 2.10. The number of benzene rings is 1. The van der Waals surface area contributed by atoms with Gasteiger partial charge in [-0.25, -0.2) is 0 Å². The standard InChI is InChI=1S/C14H20BrN3O/c1-2-18(9-14(16)19)13-6-3-11(15)7-10(13)8-17-12-4-5-12/h3,6-7,12,17H,2,4-5,8-9H2,1H3,(H2,16,19). The Labute approximate surface area is 122 Å². The quantitative estimate of drug-likeness (QED) is 0.806. The lowest BCUT2D eigenvalue weighted by molar-refractivity contribution is -0.116. The van der Waals surface area contributed by atoms with Crippen LogP contribution in [0.3, 0.4) is 0 Å². The van der Waals surface area contributed by atoms with Gasteiger partial charge in [-0.2, -0.15) is 0 Å². The van der Waals surface area contributed by atoms with Gasteiger partial charge >= 0.3 is 0 Å². The van der Waals surface area contributed by atoms with Gasteiger partial charge in [-0.3, -0.25) is 4.79 Å². The first-order chi connectivity index (χ1) is 9.10. The van der Waals surface area contributed by atoms with Gasteiger partial charge in [0.05, 0.1) is 6.54 Å². The first-order valence-corrected chi connectivity index (χ1v) is 7.44. The van der Waals surface area contributed by atoms with E-state index in [0.717, 1.165) is 23.2 Å². The van der Waals surface area contributed by atoms with E-state index in [1.807, 2.05) is 24.0 Å². The molecule has 1 fully saturated rings. The van der Waals surface area contributed by atoms with E-state index in [2.05, 4.69) is 27.3 Å². The summed E-state index contributed by atoms with van der Waals surface area (Å²) in [6.45, 7) is 3.88. The Morgan fingerprint density at radius 3 is 2.84 bits per heavy atom. The molecular formula is C14H20BrN3O. The largest absolute Gasteiger partial charge is 0.368 e. The molecule has 1 aliphatic rings. The molecule has 3 N–H and O–H groups in total. The maximum atomic E-state index is 11.2. The Balaban J connectivity index is 2.17. The van der Waals surface area contributed by atoms with E-state index in [0.29, 0.717) is 6.04 Å². The van der Waals surface area contributed by atoms with Gasteiger partial charge in [-0.15, -0.1) is 0 Å². The van der Waals surface area contributed by atoms with E-state index >= 15 is 0 Å². The van der Waals surface area contributed by atoms with Gasteiger partial charge in [-0.05, 0) is 43.5 Å². The number of anilines is 1. The van der Waals surface area contributed by atoms with Crippen LogP contribution in [0, 0.1) is 0 Å². The molecule has 1 aromatic rings. The Morgan fingerprint density at radius 2 is 2.26 bits per heavy atom. The highest BCUT2D eigenvalue weighted by molar-refractivity contribution is 9.10. The molecule has 104 valence electrons. The van der Waals surface area contributed by atoms with E-state index in [4.69, 9.17) is 5.73 Å². The smallest absolute Gasteiger partial charge is 0.236 e. The van der Waals surface area contributed by atoms with Crippen LogP contribution in [-0.2, 0) is 11.3 Å². The van der Waals surface area contributed by atoms with Gasteiger partial charge < -0.3 is 16.0 Å². The SMILES string of the molecule is CCN(CC(N)=O)c1ccc(Br)cc1CNC1CC1. The number of hydrogen-bond donors (Lipinski definition) is 2. The lowest BCUT2D eigenvalue weighted by atomic mass is 10.1. The Hall–Kier alpha value is -1.07. The van der Waals surface area contributed by atoms with Gasteiger partial charge in [0.15, 0.2) is 0 Å². The molecule has 2 rings (SSSR count).